The maximum absolute atomic E-state index is 11.9. The number of aryl methyl sites for hydroxylation is 1. The number of hydrogen-bond donors (Lipinski definition) is 1. The average molecular weight is 277 g/mol. The molecule has 2 rings (SSSR count). The zero-order chi connectivity index (χ0) is 14.7. The number of nitrogens with zero attached hydrogens (tertiary/aromatic N) is 2. The van der Waals surface area contributed by atoms with E-state index >= 15 is 0 Å². The molecule has 5 nitrogen and oxygen atoms in total. The predicted molar refractivity (Wildman–Crippen MR) is 77.6 cm³/mol. The minimum atomic E-state index is -0.505. The van der Waals surface area contributed by atoms with Gasteiger partial charge in [-0.15, -0.1) is 0 Å². The van der Waals surface area contributed by atoms with E-state index < -0.39 is 6.10 Å². The molecule has 1 aromatic rings. The molecule has 1 saturated carbocycles. The number of amides is 1. The molecule has 1 aliphatic rings. The third-order valence-corrected chi connectivity index (χ3v) is 3.30. The minimum absolute atomic E-state index is 0.0494. The quantitative estimate of drug-likeness (QED) is 0.856. The van der Waals surface area contributed by atoms with E-state index in [-0.39, 0.29) is 5.91 Å². The predicted octanol–water partition coefficient (Wildman–Crippen LogP) is 1.50. The second kappa shape index (κ2) is 6.22. The molecule has 1 unspecified atom stereocenters. The molecule has 0 aromatic carbocycles. The van der Waals surface area contributed by atoms with Crippen LogP contribution in [0.2, 0.25) is 0 Å². The van der Waals surface area contributed by atoms with Gasteiger partial charge in [-0.2, -0.15) is 0 Å². The van der Waals surface area contributed by atoms with E-state index in [4.69, 9.17) is 4.74 Å². The molecule has 0 bridgehead atoms. The summed E-state index contributed by atoms with van der Waals surface area (Å²) in [5.74, 6) is 0.637. The molecule has 1 N–H and O–H groups in total. The Morgan fingerprint density at radius 1 is 1.50 bits per heavy atom. The first-order valence-electron chi connectivity index (χ1n) is 7.05. The van der Waals surface area contributed by atoms with Crippen LogP contribution < -0.4 is 10.1 Å². The van der Waals surface area contributed by atoms with E-state index in [1.807, 2.05) is 19.1 Å². The van der Waals surface area contributed by atoms with Crippen LogP contribution >= 0.6 is 0 Å². The fraction of sp³-hybridized carbons (Fsp3) is 0.600. The van der Waals surface area contributed by atoms with Crippen LogP contribution in [0.3, 0.4) is 0 Å². The van der Waals surface area contributed by atoms with Crippen molar-refractivity contribution in [3.05, 3.63) is 23.5 Å². The van der Waals surface area contributed by atoms with Gasteiger partial charge in [0.1, 0.15) is 5.75 Å². The Kier molecular flexibility index (Phi) is 4.60. The molecule has 1 aromatic heterocycles. The number of nitrogens with one attached hydrogen (secondary N) is 1. The summed E-state index contributed by atoms with van der Waals surface area (Å²) in [6.07, 6.45) is 1.96. The number of carbonyl (C=O) groups is 1. The van der Waals surface area contributed by atoms with Crippen molar-refractivity contribution in [3.63, 3.8) is 0 Å². The van der Waals surface area contributed by atoms with E-state index in [0.29, 0.717) is 18.3 Å². The van der Waals surface area contributed by atoms with Crippen molar-refractivity contribution in [2.24, 2.45) is 0 Å². The highest BCUT2D eigenvalue weighted by atomic mass is 16.5. The number of rotatable bonds is 6. The highest BCUT2D eigenvalue weighted by Gasteiger charge is 2.22. The number of carbonyl (C=O) groups excluding carboxylic acids is 1. The molecule has 20 heavy (non-hydrogen) atoms. The molecule has 0 spiro atoms. The number of likely N-dealkylation sites (N-methyl/N-ethyl adjacent to an activating group) is 1. The van der Waals surface area contributed by atoms with Crippen LogP contribution in [0.4, 0.5) is 0 Å². The first kappa shape index (κ1) is 14.8. The van der Waals surface area contributed by atoms with Crippen molar-refractivity contribution in [2.45, 2.75) is 45.4 Å². The Labute approximate surface area is 120 Å². The normalized spacial score (nSPS) is 15.8. The molecule has 1 amide bonds. The van der Waals surface area contributed by atoms with E-state index in [1.54, 1.807) is 21.0 Å². The molecular formula is C15H23N3O2. The van der Waals surface area contributed by atoms with Gasteiger partial charge >= 0.3 is 0 Å². The zero-order valence-corrected chi connectivity index (χ0v) is 12.6. The van der Waals surface area contributed by atoms with Gasteiger partial charge in [0.2, 0.25) is 0 Å². The van der Waals surface area contributed by atoms with Gasteiger partial charge in [0.05, 0.1) is 5.69 Å². The van der Waals surface area contributed by atoms with Crippen molar-refractivity contribution in [2.75, 3.05) is 14.1 Å². The lowest BCUT2D eigenvalue weighted by Crippen LogP contribution is -2.35. The molecule has 1 fully saturated rings. The van der Waals surface area contributed by atoms with Crippen LogP contribution in [0.25, 0.3) is 0 Å². The van der Waals surface area contributed by atoms with E-state index in [9.17, 15) is 4.79 Å². The Hall–Kier alpha value is -1.62. The van der Waals surface area contributed by atoms with Crippen LogP contribution in [-0.2, 0) is 11.3 Å². The fourth-order valence-electron chi connectivity index (χ4n) is 1.96. The standard InChI is InChI=1S/C15H23N3O2/c1-10-5-8-14(20-11(2)15(19)18(3)4)13(17-10)9-16-12-6-7-12/h5,8,11-12,16H,6-7,9H2,1-4H3. The molecule has 5 heteroatoms. The Morgan fingerprint density at radius 3 is 2.80 bits per heavy atom. The summed E-state index contributed by atoms with van der Waals surface area (Å²) < 4.78 is 5.78. The van der Waals surface area contributed by atoms with Gasteiger partial charge in [-0.05, 0) is 38.8 Å². The lowest BCUT2D eigenvalue weighted by atomic mass is 10.2. The second-order valence-corrected chi connectivity index (χ2v) is 5.55. The number of ether oxygens (including phenoxy) is 1. The lowest BCUT2D eigenvalue weighted by molar-refractivity contribution is -0.135. The van der Waals surface area contributed by atoms with Crippen molar-refractivity contribution < 1.29 is 9.53 Å². The minimum Gasteiger partial charge on any atom is -0.479 e. The van der Waals surface area contributed by atoms with E-state index in [2.05, 4.69) is 10.3 Å². The number of hydrogen-bond acceptors (Lipinski definition) is 4. The Balaban J connectivity index is 2.06. The summed E-state index contributed by atoms with van der Waals surface area (Å²) in [7, 11) is 3.45. The molecule has 1 atom stereocenters. The lowest BCUT2D eigenvalue weighted by Gasteiger charge is -2.20. The Morgan fingerprint density at radius 2 is 2.20 bits per heavy atom. The van der Waals surface area contributed by atoms with Crippen LogP contribution in [0.1, 0.15) is 31.2 Å². The van der Waals surface area contributed by atoms with E-state index in [0.717, 1.165) is 11.4 Å². The summed E-state index contributed by atoms with van der Waals surface area (Å²) >= 11 is 0. The van der Waals surface area contributed by atoms with Crippen LogP contribution in [-0.4, -0.2) is 42.0 Å². The van der Waals surface area contributed by atoms with Crippen molar-refractivity contribution in [3.8, 4) is 5.75 Å². The van der Waals surface area contributed by atoms with Crippen LogP contribution in [0.15, 0.2) is 12.1 Å². The highest BCUT2D eigenvalue weighted by Crippen LogP contribution is 2.22. The smallest absolute Gasteiger partial charge is 0.262 e. The van der Waals surface area contributed by atoms with E-state index in [1.165, 1.54) is 17.7 Å². The summed E-state index contributed by atoms with van der Waals surface area (Å²) in [6, 6.07) is 4.42. The van der Waals surface area contributed by atoms with Crippen molar-refractivity contribution >= 4 is 5.91 Å². The largest absolute Gasteiger partial charge is 0.479 e. The average Bonchev–Trinajstić information content (AvgIpc) is 3.21. The second-order valence-electron chi connectivity index (χ2n) is 5.55. The summed E-state index contributed by atoms with van der Waals surface area (Å²) in [4.78, 5) is 17.9. The fourth-order valence-corrected chi connectivity index (χ4v) is 1.96. The van der Waals surface area contributed by atoms with Gasteiger partial charge < -0.3 is 15.0 Å². The van der Waals surface area contributed by atoms with Crippen LogP contribution in [0, 0.1) is 6.92 Å². The van der Waals surface area contributed by atoms with Gasteiger partial charge in [-0.3, -0.25) is 9.78 Å². The van der Waals surface area contributed by atoms with Gasteiger partial charge in [-0.1, -0.05) is 0 Å². The first-order valence-corrected chi connectivity index (χ1v) is 7.05. The number of aromatic nitrogens is 1. The molecular weight excluding hydrogens is 254 g/mol. The summed E-state index contributed by atoms with van der Waals surface area (Å²) in [5.41, 5.74) is 1.83. The zero-order valence-electron chi connectivity index (χ0n) is 12.6. The third-order valence-electron chi connectivity index (χ3n) is 3.30. The SMILES string of the molecule is Cc1ccc(OC(C)C(=O)N(C)C)c(CNC2CC2)n1. The highest BCUT2D eigenvalue weighted by molar-refractivity contribution is 5.80. The number of pyridine rings is 1. The van der Waals surface area contributed by atoms with Crippen molar-refractivity contribution in [1.29, 1.82) is 0 Å². The molecule has 0 aliphatic heterocycles. The maximum atomic E-state index is 11.9. The Bertz CT molecular complexity index is 484. The topological polar surface area (TPSA) is 54.5 Å². The van der Waals surface area contributed by atoms with Crippen molar-refractivity contribution in [1.82, 2.24) is 15.2 Å². The molecule has 1 aliphatic carbocycles. The molecule has 1 heterocycles. The van der Waals surface area contributed by atoms with Gasteiger partial charge in [0.15, 0.2) is 6.10 Å². The van der Waals surface area contributed by atoms with Gasteiger partial charge in [0.25, 0.3) is 5.91 Å². The maximum Gasteiger partial charge on any atom is 0.262 e. The summed E-state index contributed by atoms with van der Waals surface area (Å²) in [5, 5.41) is 3.43. The van der Waals surface area contributed by atoms with Gasteiger partial charge in [-0.25, -0.2) is 0 Å². The van der Waals surface area contributed by atoms with Gasteiger partial charge in [0, 0.05) is 32.4 Å². The molecule has 0 radical (unpaired) electrons. The third kappa shape index (κ3) is 3.93. The van der Waals surface area contributed by atoms with Crippen LogP contribution in [0.5, 0.6) is 5.75 Å². The first-order chi connectivity index (χ1) is 9.47. The summed E-state index contributed by atoms with van der Waals surface area (Å²) in [6.45, 7) is 4.41. The molecule has 0 saturated heterocycles. The molecule has 110 valence electrons. The monoisotopic (exact) mass is 277 g/mol.